The van der Waals surface area contributed by atoms with Gasteiger partial charge in [0.25, 0.3) is 5.91 Å². The predicted molar refractivity (Wildman–Crippen MR) is 38.6 cm³/mol. The van der Waals surface area contributed by atoms with Crippen LogP contribution in [0.3, 0.4) is 0 Å². The first-order valence-corrected chi connectivity index (χ1v) is 3.10. The van der Waals surface area contributed by atoms with E-state index in [9.17, 15) is 4.79 Å². The van der Waals surface area contributed by atoms with Gasteiger partial charge < -0.3 is 11.1 Å². The molecule has 0 aromatic carbocycles. The second-order valence-electron chi connectivity index (χ2n) is 1.78. The molecule has 58 valence electrons. The molecule has 0 spiro atoms. The van der Waals surface area contributed by atoms with E-state index in [0.717, 1.165) is 0 Å². The van der Waals surface area contributed by atoms with E-state index >= 15 is 0 Å². The number of nitrogens with zero attached hydrogens (tertiary/aromatic N) is 2. The highest BCUT2D eigenvalue weighted by Crippen LogP contribution is 1.84. The van der Waals surface area contributed by atoms with Crippen LogP contribution in [0.4, 0.5) is 0 Å². The molecule has 1 heterocycles. The van der Waals surface area contributed by atoms with Gasteiger partial charge in [0.1, 0.15) is 0 Å². The Morgan fingerprint density at radius 2 is 2.18 bits per heavy atom. The quantitative estimate of drug-likeness (QED) is 0.539. The summed E-state index contributed by atoms with van der Waals surface area (Å²) >= 11 is 0. The van der Waals surface area contributed by atoms with Crippen molar-refractivity contribution in [2.75, 3.05) is 6.67 Å². The Labute approximate surface area is 63.7 Å². The highest BCUT2D eigenvalue weighted by atomic mass is 16.2. The van der Waals surface area contributed by atoms with Gasteiger partial charge in [-0.3, -0.25) is 4.79 Å². The first-order valence-electron chi connectivity index (χ1n) is 3.10. The second-order valence-corrected chi connectivity index (χ2v) is 1.78. The molecule has 0 saturated heterocycles. The Hall–Kier alpha value is -1.49. The van der Waals surface area contributed by atoms with E-state index in [1.807, 2.05) is 0 Å². The number of carbonyl (C=O) groups is 1. The summed E-state index contributed by atoms with van der Waals surface area (Å²) in [6.45, 7) is 0.0943. The summed E-state index contributed by atoms with van der Waals surface area (Å²) in [4.78, 5) is 18.4. The van der Waals surface area contributed by atoms with Gasteiger partial charge in [0, 0.05) is 12.4 Å². The summed E-state index contributed by atoms with van der Waals surface area (Å²) in [5.41, 5.74) is 5.08. The summed E-state index contributed by atoms with van der Waals surface area (Å²) in [7, 11) is 0. The van der Waals surface area contributed by atoms with Crippen molar-refractivity contribution in [1.82, 2.24) is 15.3 Å². The van der Waals surface area contributed by atoms with Gasteiger partial charge in [0.15, 0.2) is 0 Å². The van der Waals surface area contributed by atoms with Crippen molar-refractivity contribution in [3.8, 4) is 0 Å². The van der Waals surface area contributed by atoms with Crippen LogP contribution in [0.1, 0.15) is 10.6 Å². The lowest BCUT2D eigenvalue weighted by Gasteiger charge is -1.97. The summed E-state index contributed by atoms with van der Waals surface area (Å²) in [5.74, 6) is -0.217. The summed E-state index contributed by atoms with van der Waals surface area (Å²) in [6.07, 6.45) is 3.00. The van der Waals surface area contributed by atoms with E-state index in [0.29, 0.717) is 0 Å². The summed E-state index contributed by atoms with van der Waals surface area (Å²) in [5, 5.41) is 2.38. The zero-order chi connectivity index (χ0) is 8.10. The Kier molecular flexibility index (Phi) is 2.51. The van der Waals surface area contributed by atoms with Crippen LogP contribution in [-0.4, -0.2) is 22.5 Å². The third-order valence-corrected chi connectivity index (χ3v) is 1.03. The molecule has 0 atom stereocenters. The van der Waals surface area contributed by atoms with E-state index in [1.165, 1.54) is 12.4 Å². The lowest BCUT2D eigenvalue weighted by Crippen LogP contribution is -2.30. The van der Waals surface area contributed by atoms with Crippen LogP contribution in [0.15, 0.2) is 18.5 Å². The van der Waals surface area contributed by atoms with Crippen LogP contribution in [-0.2, 0) is 0 Å². The molecule has 0 aliphatic carbocycles. The zero-order valence-corrected chi connectivity index (χ0v) is 5.82. The fraction of sp³-hybridized carbons (Fsp3) is 0.167. The van der Waals surface area contributed by atoms with Crippen LogP contribution in [0.25, 0.3) is 0 Å². The van der Waals surface area contributed by atoms with Crippen molar-refractivity contribution >= 4 is 5.91 Å². The SMILES string of the molecule is NCNC(=O)c1ncccn1. The first kappa shape index (κ1) is 7.62. The highest BCUT2D eigenvalue weighted by Gasteiger charge is 2.04. The molecular weight excluding hydrogens is 144 g/mol. The van der Waals surface area contributed by atoms with Gasteiger partial charge in [0.05, 0.1) is 6.67 Å². The Morgan fingerprint density at radius 1 is 1.55 bits per heavy atom. The Balaban J connectivity index is 2.69. The monoisotopic (exact) mass is 152 g/mol. The molecule has 1 aromatic heterocycles. The number of amides is 1. The van der Waals surface area contributed by atoms with Gasteiger partial charge in [-0.1, -0.05) is 0 Å². The van der Waals surface area contributed by atoms with Crippen LogP contribution < -0.4 is 11.1 Å². The maximum Gasteiger partial charge on any atom is 0.290 e. The van der Waals surface area contributed by atoms with E-state index in [4.69, 9.17) is 5.73 Å². The van der Waals surface area contributed by atoms with Crippen molar-refractivity contribution in [3.63, 3.8) is 0 Å². The Morgan fingerprint density at radius 3 is 2.73 bits per heavy atom. The molecule has 1 aromatic rings. The topological polar surface area (TPSA) is 80.9 Å². The lowest BCUT2D eigenvalue weighted by molar-refractivity contribution is 0.0944. The van der Waals surface area contributed by atoms with Crippen molar-refractivity contribution in [2.24, 2.45) is 5.73 Å². The summed E-state index contributed by atoms with van der Waals surface area (Å²) in [6, 6.07) is 1.64. The molecule has 5 nitrogen and oxygen atoms in total. The van der Waals surface area contributed by atoms with Crippen molar-refractivity contribution in [2.45, 2.75) is 0 Å². The number of hydrogen-bond acceptors (Lipinski definition) is 4. The molecule has 0 aliphatic heterocycles. The average Bonchev–Trinajstić information content (AvgIpc) is 2.07. The number of rotatable bonds is 2. The van der Waals surface area contributed by atoms with Gasteiger partial charge in [-0.25, -0.2) is 9.97 Å². The van der Waals surface area contributed by atoms with E-state index < -0.39 is 0 Å². The second kappa shape index (κ2) is 3.62. The molecule has 0 unspecified atom stereocenters. The largest absolute Gasteiger partial charge is 0.337 e. The number of aromatic nitrogens is 2. The van der Waals surface area contributed by atoms with E-state index in [-0.39, 0.29) is 18.4 Å². The molecule has 5 heteroatoms. The van der Waals surface area contributed by atoms with Gasteiger partial charge in [-0.15, -0.1) is 0 Å². The number of nitrogens with two attached hydrogens (primary N) is 1. The fourth-order valence-corrected chi connectivity index (χ4v) is 0.588. The predicted octanol–water partition coefficient (Wildman–Crippen LogP) is -0.877. The fourth-order valence-electron chi connectivity index (χ4n) is 0.588. The van der Waals surface area contributed by atoms with Crippen LogP contribution in [0.5, 0.6) is 0 Å². The van der Waals surface area contributed by atoms with E-state index in [1.54, 1.807) is 6.07 Å². The molecule has 0 radical (unpaired) electrons. The standard InChI is InChI=1S/C6H8N4O/c7-4-10-6(11)5-8-2-1-3-9-5/h1-3H,4,7H2,(H,10,11). The molecule has 11 heavy (non-hydrogen) atoms. The van der Waals surface area contributed by atoms with Gasteiger partial charge in [-0.2, -0.15) is 0 Å². The molecule has 0 bridgehead atoms. The van der Waals surface area contributed by atoms with Gasteiger partial charge in [0.2, 0.25) is 5.82 Å². The highest BCUT2D eigenvalue weighted by molar-refractivity contribution is 5.90. The van der Waals surface area contributed by atoms with Crippen molar-refractivity contribution in [3.05, 3.63) is 24.3 Å². The zero-order valence-electron chi connectivity index (χ0n) is 5.82. The molecule has 0 saturated carbocycles. The number of hydrogen-bond donors (Lipinski definition) is 2. The van der Waals surface area contributed by atoms with Crippen LogP contribution in [0, 0.1) is 0 Å². The normalized spacial score (nSPS) is 9.18. The maximum absolute atomic E-state index is 10.9. The molecule has 0 aliphatic rings. The Bertz CT molecular complexity index is 236. The third-order valence-electron chi connectivity index (χ3n) is 1.03. The minimum Gasteiger partial charge on any atom is -0.337 e. The number of nitrogens with one attached hydrogen (secondary N) is 1. The van der Waals surface area contributed by atoms with Crippen LogP contribution in [0.2, 0.25) is 0 Å². The lowest BCUT2D eigenvalue weighted by atomic mass is 10.5. The average molecular weight is 152 g/mol. The van der Waals surface area contributed by atoms with E-state index in [2.05, 4.69) is 15.3 Å². The van der Waals surface area contributed by atoms with Crippen molar-refractivity contribution in [1.29, 1.82) is 0 Å². The molecule has 1 amide bonds. The van der Waals surface area contributed by atoms with Gasteiger partial charge >= 0.3 is 0 Å². The van der Waals surface area contributed by atoms with Crippen LogP contribution >= 0.6 is 0 Å². The maximum atomic E-state index is 10.9. The molecule has 1 rings (SSSR count). The third kappa shape index (κ3) is 1.98. The molecular formula is C6H8N4O. The van der Waals surface area contributed by atoms with Crippen molar-refractivity contribution < 1.29 is 4.79 Å². The smallest absolute Gasteiger partial charge is 0.290 e. The minimum atomic E-state index is -0.354. The number of carbonyl (C=O) groups excluding carboxylic acids is 1. The summed E-state index contributed by atoms with van der Waals surface area (Å²) < 4.78 is 0. The molecule has 3 N–H and O–H groups in total. The first-order chi connectivity index (χ1) is 5.34. The minimum absolute atomic E-state index is 0.0943. The van der Waals surface area contributed by atoms with Gasteiger partial charge in [-0.05, 0) is 6.07 Å². The molecule has 0 fully saturated rings.